The molecule has 0 radical (unpaired) electrons. The zero-order valence-corrected chi connectivity index (χ0v) is 21.9. The summed E-state index contributed by atoms with van der Waals surface area (Å²) in [4.78, 5) is 38.9. The summed E-state index contributed by atoms with van der Waals surface area (Å²) in [5.74, 6) is -0.669. The molecule has 0 spiro atoms. The van der Waals surface area contributed by atoms with Crippen LogP contribution in [0.15, 0.2) is 66.2 Å². The van der Waals surface area contributed by atoms with Crippen LogP contribution < -0.4 is 19.7 Å². The minimum absolute atomic E-state index is 0.0221. The van der Waals surface area contributed by atoms with E-state index in [0.29, 0.717) is 32.3 Å². The van der Waals surface area contributed by atoms with Gasteiger partial charge in [-0.2, -0.15) is 0 Å². The molecule has 4 amide bonds. The molecule has 0 atom stereocenters. The van der Waals surface area contributed by atoms with Gasteiger partial charge in [0.1, 0.15) is 17.9 Å². The van der Waals surface area contributed by atoms with Gasteiger partial charge in [-0.25, -0.2) is 9.69 Å². The lowest BCUT2D eigenvalue weighted by molar-refractivity contribution is -0.122. The molecule has 0 unspecified atom stereocenters. The maximum absolute atomic E-state index is 13.1. The second kappa shape index (κ2) is 11.0. The second-order valence-corrected chi connectivity index (χ2v) is 9.25. The van der Waals surface area contributed by atoms with Crippen LogP contribution in [0, 0.1) is 3.57 Å². The summed E-state index contributed by atoms with van der Waals surface area (Å²) >= 11 is 8.15. The third-order valence-electron chi connectivity index (χ3n) is 5.12. The molecule has 3 aromatic rings. The van der Waals surface area contributed by atoms with E-state index in [1.54, 1.807) is 18.2 Å². The van der Waals surface area contributed by atoms with Crippen molar-refractivity contribution in [3.05, 3.63) is 86.0 Å². The summed E-state index contributed by atoms with van der Waals surface area (Å²) in [5, 5.41) is 12.3. The van der Waals surface area contributed by atoms with Crippen LogP contribution in [-0.2, 0) is 16.2 Å². The van der Waals surface area contributed by atoms with Crippen LogP contribution >= 0.6 is 34.2 Å². The number of imide groups is 2. The largest absolute Gasteiger partial charge is 0.508 e. The Balaban J connectivity index is 1.65. The van der Waals surface area contributed by atoms with E-state index in [-0.39, 0.29) is 23.6 Å². The first-order valence-corrected chi connectivity index (χ1v) is 12.3. The standard InChI is InChI=1S/C26H20ClIN2O6/c1-2-35-22-13-16(12-21(28)23(22)36-14-15-4-3-5-17(27)10-15)11-20-24(32)29-26(34)30(25(20)33)18-6-8-19(31)9-7-18/h3-13,31H,2,14H2,1H3,(H,29,32,34)/b20-11+. The predicted molar refractivity (Wildman–Crippen MR) is 143 cm³/mol. The number of phenolic OH excluding ortho intramolecular Hbond substituents is 1. The summed E-state index contributed by atoms with van der Waals surface area (Å²) in [7, 11) is 0. The highest BCUT2D eigenvalue weighted by Crippen LogP contribution is 2.36. The number of aromatic hydroxyl groups is 1. The smallest absolute Gasteiger partial charge is 0.335 e. The van der Waals surface area contributed by atoms with Crippen molar-refractivity contribution in [3.63, 3.8) is 0 Å². The minimum atomic E-state index is -0.873. The van der Waals surface area contributed by atoms with Crippen LogP contribution in [0.25, 0.3) is 6.08 Å². The Labute approximate surface area is 225 Å². The van der Waals surface area contributed by atoms with Gasteiger partial charge in [0.25, 0.3) is 11.8 Å². The van der Waals surface area contributed by atoms with E-state index < -0.39 is 17.8 Å². The first kappa shape index (κ1) is 25.5. The lowest BCUT2D eigenvalue weighted by Gasteiger charge is -2.26. The van der Waals surface area contributed by atoms with Gasteiger partial charge in [0.05, 0.1) is 15.9 Å². The number of urea groups is 1. The van der Waals surface area contributed by atoms with E-state index in [4.69, 9.17) is 21.1 Å². The number of phenols is 1. The third-order valence-corrected chi connectivity index (χ3v) is 6.16. The molecule has 1 saturated heterocycles. The Kier molecular flexibility index (Phi) is 7.80. The minimum Gasteiger partial charge on any atom is -0.508 e. The number of hydrogen-bond acceptors (Lipinski definition) is 6. The van der Waals surface area contributed by atoms with Gasteiger partial charge in [0.2, 0.25) is 0 Å². The molecule has 4 rings (SSSR count). The average molecular weight is 619 g/mol. The number of ether oxygens (including phenoxy) is 2. The number of anilines is 1. The summed E-state index contributed by atoms with van der Waals surface area (Å²) < 4.78 is 12.5. The van der Waals surface area contributed by atoms with E-state index >= 15 is 0 Å². The lowest BCUT2D eigenvalue weighted by Crippen LogP contribution is -2.54. The molecule has 1 aliphatic rings. The molecule has 1 aliphatic heterocycles. The van der Waals surface area contributed by atoms with Crippen molar-refractivity contribution in [1.29, 1.82) is 0 Å². The first-order chi connectivity index (χ1) is 17.3. The van der Waals surface area contributed by atoms with Gasteiger partial charge in [0, 0.05) is 5.02 Å². The Hall–Kier alpha value is -3.57. The monoisotopic (exact) mass is 618 g/mol. The van der Waals surface area contributed by atoms with E-state index in [1.807, 2.05) is 25.1 Å². The van der Waals surface area contributed by atoms with Crippen molar-refractivity contribution in [3.8, 4) is 17.2 Å². The van der Waals surface area contributed by atoms with E-state index in [2.05, 4.69) is 27.9 Å². The zero-order valence-electron chi connectivity index (χ0n) is 19.0. The quantitative estimate of drug-likeness (QED) is 0.212. The Morgan fingerprint density at radius 3 is 2.50 bits per heavy atom. The van der Waals surface area contributed by atoms with Crippen molar-refractivity contribution >= 4 is 63.8 Å². The van der Waals surface area contributed by atoms with Gasteiger partial charge in [0.15, 0.2) is 11.5 Å². The number of halogens is 2. The van der Waals surface area contributed by atoms with Crippen molar-refractivity contribution in [1.82, 2.24) is 5.32 Å². The summed E-state index contributed by atoms with van der Waals surface area (Å²) in [6.07, 6.45) is 1.39. The highest BCUT2D eigenvalue weighted by molar-refractivity contribution is 14.1. The number of rotatable bonds is 7. The second-order valence-electron chi connectivity index (χ2n) is 7.66. The van der Waals surface area contributed by atoms with Crippen LogP contribution in [0.2, 0.25) is 5.02 Å². The fourth-order valence-electron chi connectivity index (χ4n) is 3.52. The molecule has 1 fully saturated rings. The summed E-state index contributed by atoms with van der Waals surface area (Å²) in [6.45, 7) is 2.46. The Morgan fingerprint density at radius 1 is 1.06 bits per heavy atom. The van der Waals surface area contributed by atoms with Crippen molar-refractivity contribution in [2.45, 2.75) is 13.5 Å². The molecule has 0 bridgehead atoms. The fourth-order valence-corrected chi connectivity index (χ4v) is 4.51. The van der Waals surface area contributed by atoms with Crippen molar-refractivity contribution in [2.24, 2.45) is 0 Å². The number of benzene rings is 3. The highest BCUT2D eigenvalue weighted by atomic mass is 127. The highest BCUT2D eigenvalue weighted by Gasteiger charge is 2.36. The van der Waals surface area contributed by atoms with E-state index in [1.165, 1.54) is 30.3 Å². The van der Waals surface area contributed by atoms with E-state index in [9.17, 15) is 19.5 Å². The van der Waals surface area contributed by atoms with Gasteiger partial charge < -0.3 is 14.6 Å². The molecule has 1 heterocycles. The van der Waals surface area contributed by atoms with Gasteiger partial charge in [-0.1, -0.05) is 23.7 Å². The van der Waals surface area contributed by atoms with Gasteiger partial charge in [-0.05, 0) is 95.2 Å². The molecule has 2 N–H and O–H groups in total. The van der Waals surface area contributed by atoms with Crippen LogP contribution in [-0.4, -0.2) is 29.6 Å². The molecule has 8 nitrogen and oxygen atoms in total. The number of nitrogens with zero attached hydrogens (tertiary/aromatic N) is 1. The van der Waals surface area contributed by atoms with Crippen LogP contribution in [0.5, 0.6) is 17.2 Å². The molecule has 0 saturated carbocycles. The molecular weight excluding hydrogens is 599 g/mol. The molecular formula is C26H20ClIN2O6. The number of hydrogen-bond donors (Lipinski definition) is 2. The number of carbonyl (C=O) groups excluding carboxylic acids is 3. The lowest BCUT2D eigenvalue weighted by atomic mass is 10.1. The molecule has 3 aromatic carbocycles. The Morgan fingerprint density at radius 2 is 1.81 bits per heavy atom. The normalized spacial score (nSPS) is 14.7. The molecule has 184 valence electrons. The predicted octanol–water partition coefficient (Wildman–Crippen LogP) is 5.29. The van der Waals surface area contributed by atoms with Crippen LogP contribution in [0.3, 0.4) is 0 Å². The maximum atomic E-state index is 13.1. The zero-order chi connectivity index (χ0) is 25.8. The molecule has 36 heavy (non-hydrogen) atoms. The number of nitrogens with one attached hydrogen (secondary N) is 1. The number of amides is 4. The number of carbonyl (C=O) groups is 3. The van der Waals surface area contributed by atoms with Crippen LogP contribution in [0.1, 0.15) is 18.1 Å². The van der Waals surface area contributed by atoms with Gasteiger partial charge in [-0.3, -0.25) is 14.9 Å². The maximum Gasteiger partial charge on any atom is 0.335 e. The van der Waals surface area contributed by atoms with Crippen molar-refractivity contribution in [2.75, 3.05) is 11.5 Å². The van der Waals surface area contributed by atoms with Gasteiger partial charge >= 0.3 is 6.03 Å². The van der Waals surface area contributed by atoms with Crippen molar-refractivity contribution < 1.29 is 29.0 Å². The summed E-state index contributed by atoms with van der Waals surface area (Å²) in [5.41, 5.74) is 1.38. The SMILES string of the molecule is CCOc1cc(/C=C2\C(=O)NC(=O)N(c3ccc(O)cc3)C2=O)cc(I)c1OCc1cccc(Cl)c1. The number of barbiturate groups is 1. The Bertz CT molecular complexity index is 1370. The third kappa shape index (κ3) is 5.63. The van der Waals surface area contributed by atoms with Crippen LogP contribution in [0.4, 0.5) is 10.5 Å². The topological polar surface area (TPSA) is 105 Å². The first-order valence-electron chi connectivity index (χ1n) is 10.8. The van der Waals surface area contributed by atoms with Gasteiger partial charge in [-0.15, -0.1) is 0 Å². The molecule has 0 aliphatic carbocycles. The average Bonchev–Trinajstić information content (AvgIpc) is 2.82. The molecule has 10 heteroatoms. The molecule has 0 aromatic heterocycles. The van der Waals surface area contributed by atoms with E-state index in [0.717, 1.165) is 10.5 Å². The summed E-state index contributed by atoms with van der Waals surface area (Å²) in [6, 6.07) is 15.3. The fraction of sp³-hybridized carbons (Fsp3) is 0.115.